The fourth-order valence-corrected chi connectivity index (χ4v) is 3.20. The van der Waals surface area contributed by atoms with Crippen molar-refractivity contribution in [2.24, 2.45) is 5.92 Å². The summed E-state index contributed by atoms with van der Waals surface area (Å²) in [5, 5.41) is 2.75. The van der Waals surface area contributed by atoms with Crippen molar-refractivity contribution in [2.45, 2.75) is 46.3 Å². The molecule has 1 aliphatic heterocycles. The van der Waals surface area contributed by atoms with Crippen molar-refractivity contribution in [2.75, 3.05) is 38.2 Å². The van der Waals surface area contributed by atoms with Gasteiger partial charge in [0, 0.05) is 26.2 Å². The molecule has 7 nitrogen and oxygen atoms in total. The van der Waals surface area contributed by atoms with Gasteiger partial charge in [-0.3, -0.25) is 4.79 Å². The molecule has 1 saturated heterocycles. The highest BCUT2D eigenvalue weighted by molar-refractivity contribution is 5.86. The number of carbonyl (C=O) groups is 2. The van der Waals surface area contributed by atoms with Crippen molar-refractivity contribution in [1.29, 1.82) is 0 Å². The van der Waals surface area contributed by atoms with E-state index in [2.05, 4.69) is 10.2 Å². The number of anilines is 1. The van der Waals surface area contributed by atoms with Gasteiger partial charge >= 0.3 is 6.09 Å². The molecule has 28 heavy (non-hydrogen) atoms. The summed E-state index contributed by atoms with van der Waals surface area (Å²) in [7, 11) is 1.66. The van der Waals surface area contributed by atoms with Crippen LogP contribution in [0.1, 0.15) is 34.6 Å². The Hall–Kier alpha value is -2.44. The van der Waals surface area contributed by atoms with Crippen LogP contribution in [0.5, 0.6) is 5.75 Å². The second-order valence-electron chi connectivity index (χ2n) is 8.35. The van der Waals surface area contributed by atoms with E-state index in [1.165, 1.54) is 0 Å². The molecular weight excluding hydrogens is 358 g/mol. The van der Waals surface area contributed by atoms with Crippen LogP contribution in [0, 0.1) is 5.92 Å². The van der Waals surface area contributed by atoms with Crippen LogP contribution in [0.4, 0.5) is 10.5 Å². The van der Waals surface area contributed by atoms with Crippen LogP contribution < -0.4 is 15.0 Å². The van der Waals surface area contributed by atoms with Gasteiger partial charge in [0.15, 0.2) is 0 Å². The Bertz CT molecular complexity index is 676. The van der Waals surface area contributed by atoms with Gasteiger partial charge < -0.3 is 24.6 Å². The maximum absolute atomic E-state index is 13.0. The number of rotatable bonds is 5. The van der Waals surface area contributed by atoms with E-state index < -0.39 is 17.7 Å². The molecule has 0 spiro atoms. The molecule has 7 heteroatoms. The number of alkyl carbamates (subject to hydrolysis) is 1. The second-order valence-corrected chi connectivity index (χ2v) is 8.35. The maximum Gasteiger partial charge on any atom is 0.408 e. The fourth-order valence-electron chi connectivity index (χ4n) is 3.20. The van der Waals surface area contributed by atoms with Gasteiger partial charge in [-0.25, -0.2) is 4.79 Å². The number of para-hydroxylation sites is 2. The van der Waals surface area contributed by atoms with Gasteiger partial charge in [-0.2, -0.15) is 0 Å². The number of hydrogen-bond acceptors (Lipinski definition) is 5. The van der Waals surface area contributed by atoms with Gasteiger partial charge in [0.1, 0.15) is 17.4 Å². The molecule has 0 aromatic heterocycles. The lowest BCUT2D eigenvalue weighted by molar-refractivity contribution is -0.134. The molecule has 1 fully saturated rings. The summed E-state index contributed by atoms with van der Waals surface area (Å²) in [5.41, 5.74) is 0.430. The highest BCUT2D eigenvalue weighted by atomic mass is 16.6. The molecule has 1 aliphatic rings. The molecule has 156 valence electrons. The third kappa shape index (κ3) is 5.78. The van der Waals surface area contributed by atoms with Crippen molar-refractivity contribution in [1.82, 2.24) is 10.2 Å². The molecule has 1 N–H and O–H groups in total. The lowest BCUT2D eigenvalue weighted by Gasteiger charge is -2.38. The Labute approximate surface area is 168 Å². The summed E-state index contributed by atoms with van der Waals surface area (Å²) in [4.78, 5) is 29.2. The van der Waals surface area contributed by atoms with Crippen LogP contribution in [0.25, 0.3) is 0 Å². The van der Waals surface area contributed by atoms with Crippen LogP contribution in [0.2, 0.25) is 0 Å². The summed E-state index contributed by atoms with van der Waals surface area (Å²) in [5.74, 6) is 0.724. The first-order chi connectivity index (χ1) is 13.1. The Morgan fingerprint density at radius 2 is 1.68 bits per heavy atom. The van der Waals surface area contributed by atoms with Crippen LogP contribution in [-0.4, -0.2) is 61.8 Å². The summed E-state index contributed by atoms with van der Waals surface area (Å²) in [6.45, 7) is 11.9. The number of nitrogens with one attached hydrogen (secondary N) is 1. The van der Waals surface area contributed by atoms with E-state index in [1.807, 2.05) is 43.0 Å². The molecule has 1 aromatic rings. The third-order valence-corrected chi connectivity index (χ3v) is 4.62. The second kappa shape index (κ2) is 9.17. The number of piperazine rings is 1. The van der Waals surface area contributed by atoms with Gasteiger partial charge in [0.05, 0.1) is 12.8 Å². The average Bonchev–Trinajstić information content (AvgIpc) is 2.64. The van der Waals surface area contributed by atoms with E-state index >= 15 is 0 Å². The summed E-state index contributed by atoms with van der Waals surface area (Å²) in [6, 6.07) is 7.28. The quantitative estimate of drug-likeness (QED) is 0.836. The minimum atomic E-state index is -0.604. The fraction of sp³-hybridized carbons (Fsp3) is 0.619. The molecule has 1 heterocycles. The summed E-state index contributed by atoms with van der Waals surface area (Å²) >= 11 is 0. The predicted molar refractivity (Wildman–Crippen MR) is 110 cm³/mol. The number of ether oxygens (including phenoxy) is 2. The van der Waals surface area contributed by atoms with Crippen molar-refractivity contribution < 1.29 is 19.1 Å². The zero-order valence-electron chi connectivity index (χ0n) is 17.8. The molecule has 2 amide bonds. The zero-order chi connectivity index (χ0) is 20.9. The Kier molecular flexibility index (Phi) is 7.16. The molecule has 1 unspecified atom stereocenters. The third-order valence-electron chi connectivity index (χ3n) is 4.62. The van der Waals surface area contributed by atoms with E-state index in [0.717, 1.165) is 11.4 Å². The van der Waals surface area contributed by atoms with Crippen molar-refractivity contribution in [3.05, 3.63) is 24.3 Å². The molecule has 1 aromatic carbocycles. The highest BCUT2D eigenvalue weighted by Gasteiger charge is 2.32. The minimum absolute atomic E-state index is 0.0349. The molecule has 0 bridgehead atoms. The average molecular weight is 392 g/mol. The van der Waals surface area contributed by atoms with E-state index in [0.29, 0.717) is 26.2 Å². The number of nitrogens with zero attached hydrogens (tertiary/aromatic N) is 2. The lowest BCUT2D eigenvalue weighted by atomic mass is 10.0. The number of benzene rings is 1. The Morgan fingerprint density at radius 3 is 2.21 bits per heavy atom. The van der Waals surface area contributed by atoms with Crippen LogP contribution >= 0.6 is 0 Å². The first-order valence-electron chi connectivity index (χ1n) is 9.78. The SMILES string of the molecule is COc1ccccc1N1CCN(C(=O)C(NC(=O)OC(C)(C)C)C(C)C)CC1. The largest absolute Gasteiger partial charge is 0.495 e. The molecule has 0 radical (unpaired) electrons. The van der Waals surface area contributed by atoms with Gasteiger partial charge in [0.25, 0.3) is 0 Å². The van der Waals surface area contributed by atoms with E-state index in [-0.39, 0.29) is 11.8 Å². The summed E-state index contributed by atoms with van der Waals surface area (Å²) in [6.07, 6.45) is -0.563. The topological polar surface area (TPSA) is 71.1 Å². The number of hydrogen-bond donors (Lipinski definition) is 1. The maximum atomic E-state index is 13.0. The minimum Gasteiger partial charge on any atom is -0.495 e. The van der Waals surface area contributed by atoms with Crippen LogP contribution in [0.15, 0.2) is 24.3 Å². The first kappa shape index (κ1) is 21.9. The monoisotopic (exact) mass is 391 g/mol. The van der Waals surface area contributed by atoms with Crippen molar-refractivity contribution in [3.63, 3.8) is 0 Å². The van der Waals surface area contributed by atoms with Crippen LogP contribution in [0.3, 0.4) is 0 Å². The van der Waals surface area contributed by atoms with Gasteiger partial charge in [-0.15, -0.1) is 0 Å². The van der Waals surface area contributed by atoms with E-state index in [4.69, 9.17) is 9.47 Å². The normalized spacial score (nSPS) is 16.0. The summed E-state index contributed by atoms with van der Waals surface area (Å²) < 4.78 is 10.8. The Morgan fingerprint density at radius 1 is 1.07 bits per heavy atom. The van der Waals surface area contributed by atoms with Crippen molar-refractivity contribution >= 4 is 17.7 Å². The van der Waals surface area contributed by atoms with Crippen molar-refractivity contribution in [3.8, 4) is 5.75 Å². The standard InChI is InChI=1S/C21H33N3O4/c1-15(2)18(22-20(26)28-21(3,4)5)19(25)24-13-11-23(12-14-24)16-9-7-8-10-17(16)27-6/h7-10,15,18H,11-14H2,1-6H3,(H,22,26). The number of carbonyl (C=O) groups excluding carboxylic acids is 2. The molecule has 0 aliphatic carbocycles. The van der Waals surface area contributed by atoms with Gasteiger partial charge in [-0.1, -0.05) is 26.0 Å². The molecular formula is C21H33N3O4. The molecule has 0 saturated carbocycles. The smallest absolute Gasteiger partial charge is 0.408 e. The predicted octanol–water partition coefficient (Wildman–Crippen LogP) is 2.89. The van der Waals surface area contributed by atoms with Crippen LogP contribution in [-0.2, 0) is 9.53 Å². The Balaban J connectivity index is 1.99. The van der Waals surface area contributed by atoms with Gasteiger partial charge in [0.2, 0.25) is 5.91 Å². The number of amides is 2. The first-order valence-corrected chi connectivity index (χ1v) is 9.78. The number of methoxy groups -OCH3 is 1. The zero-order valence-corrected chi connectivity index (χ0v) is 17.8. The van der Waals surface area contributed by atoms with E-state index in [1.54, 1.807) is 27.9 Å². The van der Waals surface area contributed by atoms with Gasteiger partial charge in [-0.05, 0) is 38.8 Å². The highest BCUT2D eigenvalue weighted by Crippen LogP contribution is 2.28. The van der Waals surface area contributed by atoms with E-state index in [9.17, 15) is 9.59 Å². The molecule has 2 rings (SSSR count). The molecule has 1 atom stereocenters. The lowest BCUT2D eigenvalue weighted by Crippen LogP contribution is -2.57.